The standard InChI is InChI=1S/C32H60N2O5/c1-3-5-7-9-11-12-14-20-26-31(36)39-28(22-17-13-10-8-6-4-2)23-18-15-16-19-25-30(35)34-29(32(37)38)24-21-27-33/h17,22,28-29H,3-16,18-21,23-27,33H2,1-2H3,(H,34,35)(H,37,38)/b22-17-. The lowest BCUT2D eigenvalue weighted by molar-refractivity contribution is -0.147. The lowest BCUT2D eigenvalue weighted by Gasteiger charge is -2.15. The summed E-state index contributed by atoms with van der Waals surface area (Å²) in [5.74, 6) is -1.34. The number of hydrogen-bond donors (Lipinski definition) is 3. The second kappa shape index (κ2) is 27.7. The number of ether oxygens (including phenoxy) is 1. The number of nitrogens with one attached hydrogen (secondary N) is 1. The zero-order valence-electron chi connectivity index (χ0n) is 25.2. The molecule has 0 aliphatic rings. The second-order valence-corrected chi connectivity index (χ2v) is 10.9. The number of carbonyl (C=O) groups is 3. The molecule has 2 atom stereocenters. The number of nitrogens with two attached hydrogens (primary N) is 1. The summed E-state index contributed by atoms with van der Waals surface area (Å²) in [6.45, 7) is 4.84. The summed E-state index contributed by atoms with van der Waals surface area (Å²) in [6, 6.07) is -0.865. The third-order valence-electron chi connectivity index (χ3n) is 7.07. The third kappa shape index (κ3) is 24.9. The Morgan fingerprint density at radius 3 is 1.92 bits per heavy atom. The number of aliphatic carboxylic acids is 1. The highest BCUT2D eigenvalue weighted by molar-refractivity contribution is 5.83. The van der Waals surface area contributed by atoms with Gasteiger partial charge >= 0.3 is 11.9 Å². The molecular formula is C32H60N2O5. The fourth-order valence-corrected chi connectivity index (χ4v) is 4.59. The van der Waals surface area contributed by atoms with Crippen molar-refractivity contribution < 1.29 is 24.2 Å². The fourth-order valence-electron chi connectivity index (χ4n) is 4.59. The van der Waals surface area contributed by atoms with Crippen molar-refractivity contribution in [3.05, 3.63) is 12.2 Å². The molecule has 0 aromatic heterocycles. The van der Waals surface area contributed by atoms with Crippen LogP contribution in [0.4, 0.5) is 0 Å². The highest BCUT2D eigenvalue weighted by atomic mass is 16.5. The van der Waals surface area contributed by atoms with E-state index in [4.69, 9.17) is 10.5 Å². The number of unbranched alkanes of at least 4 members (excludes halogenated alkanes) is 14. The summed E-state index contributed by atoms with van der Waals surface area (Å²) in [7, 11) is 0. The minimum atomic E-state index is -1.02. The minimum absolute atomic E-state index is 0.0964. The van der Waals surface area contributed by atoms with Gasteiger partial charge in [-0.1, -0.05) is 97.0 Å². The van der Waals surface area contributed by atoms with E-state index in [0.717, 1.165) is 44.9 Å². The molecule has 0 aromatic carbocycles. The van der Waals surface area contributed by atoms with Crippen molar-refractivity contribution in [3.8, 4) is 0 Å². The summed E-state index contributed by atoms with van der Waals surface area (Å²) in [5.41, 5.74) is 5.45. The van der Waals surface area contributed by atoms with Crippen molar-refractivity contribution in [2.24, 2.45) is 5.73 Å². The summed E-state index contributed by atoms with van der Waals surface area (Å²) < 4.78 is 5.83. The SMILES string of the molecule is CCCCCC/C=C\C(CCCCCCC(=O)NC(CCCN)C(=O)O)OC(=O)CCCCCCCCCC. The summed E-state index contributed by atoms with van der Waals surface area (Å²) in [6.07, 6.45) is 25.6. The number of rotatable bonds is 28. The van der Waals surface area contributed by atoms with E-state index in [1.54, 1.807) is 0 Å². The predicted octanol–water partition coefficient (Wildman–Crippen LogP) is 7.60. The first-order chi connectivity index (χ1) is 18.9. The monoisotopic (exact) mass is 552 g/mol. The number of amides is 1. The van der Waals surface area contributed by atoms with Gasteiger partial charge in [0.05, 0.1) is 0 Å². The Hall–Kier alpha value is -1.89. The van der Waals surface area contributed by atoms with Crippen LogP contribution in [0.3, 0.4) is 0 Å². The zero-order chi connectivity index (χ0) is 29.0. The molecule has 0 radical (unpaired) electrons. The summed E-state index contributed by atoms with van der Waals surface area (Å²) >= 11 is 0. The van der Waals surface area contributed by atoms with Crippen LogP contribution in [0.25, 0.3) is 0 Å². The molecule has 0 aliphatic carbocycles. The van der Waals surface area contributed by atoms with E-state index >= 15 is 0 Å². The number of carboxylic acid groups (broad SMARTS) is 1. The van der Waals surface area contributed by atoms with Crippen molar-refractivity contribution >= 4 is 17.8 Å². The van der Waals surface area contributed by atoms with Crippen LogP contribution in [0, 0.1) is 0 Å². The Labute approximate surface area is 239 Å². The van der Waals surface area contributed by atoms with E-state index in [1.165, 1.54) is 64.2 Å². The Morgan fingerprint density at radius 2 is 1.31 bits per heavy atom. The van der Waals surface area contributed by atoms with Crippen LogP contribution in [0.15, 0.2) is 12.2 Å². The van der Waals surface area contributed by atoms with Gasteiger partial charge in [0.25, 0.3) is 0 Å². The summed E-state index contributed by atoms with van der Waals surface area (Å²) in [5, 5.41) is 11.8. The van der Waals surface area contributed by atoms with Gasteiger partial charge in [0.15, 0.2) is 0 Å². The van der Waals surface area contributed by atoms with Crippen LogP contribution in [-0.2, 0) is 19.1 Å². The average Bonchev–Trinajstić information content (AvgIpc) is 2.91. The molecule has 4 N–H and O–H groups in total. The Balaban J connectivity index is 4.32. The van der Waals surface area contributed by atoms with Crippen molar-refractivity contribution in [3.63, 3.8) is 0 Å². The Kier molecular flexibility index (Phi) is 26.3. The van der Waals surface area contributed by atoms with Crippen molar-refractivity contribution in [1.82, 2.24) is 5.32 Å². The van der Waals surface area contributed by atoms with Crippen LogP contribution in [0.1, 0.15) is 155 Å². The molecule has 1 amide bonds. The molecule has 0 rings (SSSR count). The molecule has 228 valence electrons. The van der Waals surface area contributed by atoms with Gasteiger partial charge in [0, 0.05) is 12.8 Å². The molecule has 2 unspecified atom stereocenters. The molecular weight excluding hydrogens is 492 g/mol. The van der Waals surface area contributed by atoms with Gasteiger partial charge in [0.1, 0.15) is 12.1 Å². The number of allylic oxidation sites excluding steroid dienone is 1. The quantitative estimate of drug-likeness (QED) is 0.0522. The maximum absolute atomic E-state index is 12.5. The smallest absolute Gasteiger partial charge is 0.326 e. The van der Waals surface area contributed by atoms with Crippen molar-refractivity contribution in [2.75, 3.05) is 6.54 Å². The minimum Gasteiger partial charge on any atom is -0.480 e. The maximum atomic E-state index is 12.5. The van der Waals surface area contributed by atoms with Gasteiger partial charge < -0.3 is 20.9 Å². The molecule has 0 aromatic rings. The topological polar surface area (TPSA) is 119 Å². The Bertz CT molecular complexity index is 638. The molecule has 7 nitrogen and oxygen atoms in total. The molecule has 0 aliphatic heterocycles. The molecule has 0 saturated heterocycles. The van der Waals surface area contributed by atoms with Crippen molar-refractivity contribution in [2.45, 2.75) is 167 Å². The summed E-state index contributed by atoms with van der Waals surface area (Å²) in [4.78, 5) is 35.8. The van der Waals surface area contributed by atoms with Gasteiger partial charge in [-0.15, -0.1) is 0 Å². The molecule has 39 heavy (non-hydrogen) atoms. The third-order valence-corrected chi connectivity index (χ3v) is 7.07. The van der Waals surface area contributed by atoms with Crippen LogP contribution < -0.4 is 11.1 Å². The molecule has 0 spiro atoms. The van der Waals surface area contributed by atoms with Gasteiger partial charge in [-0.25, -0.2) is 4.79 Å². The van der Waals surface area contributed by atoms with Gasteiger partial charge in [0.2, 0.25) is 5.91 Å². The largest absolute Gasteiger partial charge is 0.480 e. The molecule has 0 fully saturated rings. The molecule has 0 heterocycles. The first kappa shape index (κ1) is 37.1. The number of esters is 1. The van der Waals surface area contributed by atoms with E-state index in [9.17, 15) is 19.5 Å². The van der Waals surface area contributed by atoms with Crippen LogP contribution in [0.2, 0.25) is 0 Å². The lowest BCUT2D eigenvalue weighted by Crippen LogP contribution is -2.40. The van der Waals surface area contributed by atoms with Crippen LogP contribution in [0.5, 0.6) is 0 Å². The highest BCUT2D eigenvalue weighted by Crippen LogP contribution is 2.15. The number of carboxylic acids is 1. The highest BCUT2D eigenvalue weighted by Gasteiger charge is 2.18. The zero-order valence-corrected chi connectivity index (χ0v) is 25.2. The molecule has 0 saturated carbocycles. The first-order valence-electron chi connectivity index (χ1n) is 16.0. The van der Waals surface area contributed by atoms with E-state index in [2.05, 4.69) is 31.3 Å². The normalized spacial score (nSPS) is 12.9. The number of hydrogen-bond acceptors (Lipinski definition) is 5. The van der Waals surface area contributed by atoms with E-state index in [-0.39, 0.29) is 18.0 Å². The molecule has 0 bridgehead atoms. The predicted molar refractivity (Wildman–Crippen MR) is 161 cm³/mol. The second-order valence-electron chi connectivity index (χ2n) is 10.9. The Morgan fingerprint density at radius 1 is 0.744 bits per heavy atom. The van der Waals surface area contributed by atoms with Crippen LogP contribution >= 0.6 is 0 Å². The first-order valence-corrected chi connectivity index (χ1v) is 16.0. The molecule has 7 heteroatoms. The number of carbonyl (C=O) groups excluding carboxylic acids is 2. The van der Waals surface area contributed by atoms with Crippen molar-refractivity contribution in [1.29, 1.82) is 0 Å². The van der Waals surface area contributed by atoms with E-state index in [1.807, 2.05) is 0 Å². The lowest BCUT2D eigenvalue weighted by atomic mass is 10.1. The van der Waals surface area contributed by atoms with Gasteiger partial charge in [-0.05, 0) is 64.0 Å². The van der Waals surface area contributed by atoms with Crippen LogP contribution in [-0.4, -0.2) is 41.6 Å². The van der Waals surface area contributed by atoms with E-state index < -0.39 is 12.0 Å². The van der Waals surface area contributed by atoms with Gasteiger partial charge in [-0.3, -0.25) is 9.59 Å². The van der Waals surface area contributed by atoms with E-state index in [0.29, 0.717) is 38.6 Å². The average molecular weight is 553 g/mol. The fraction of sp³-hybridized carbons (Fsp3) is 0.844. The van der Waals surface area contributed by atoms with Gasteiger partial charge in [-0.2, -0.15) is 0 Å². The maximum Gasteiger partial charge on any atom is 0.326 e.